The van der Waals surface area contributed by atoms with Crippen molar-refractivity contribution in [3.05, 3.63) is 96.2 Å². The summed E-state index contributed by atoms with van der Waals surface area (Å²) in [4.78, 5) is 34.7. The van der Waals surface area contributed by atoms with Crippen LogP contribution >= 0.6 is 0 Å². The molecule has 1 heterocycles. The number of nitrogens with zero attached hydrogens (tertiary/aromatic N) is 2. The van der Waals surface area contributed by atoms with Crippen molar-refractivity contribution >= 4 is 22.8 Å². The second kappa shape index (κ2) is 8.53. The van der Waals surface area contributed by atoms with Crippen LogP contribution in [-0.4, -0.2) is 29.0 Å². The minimum Gasteiger partial charge on any atom is -0.467 e. The van der Waals surface area contributed by atoms with Crippen LogP contribution in [0.25, 0.3) is 22.3 Å². The van der Waals surface area contributed by atoms with Crippen LogP contribution < -0.4 is 5.32 Å². The van der Waals surface area contributed by atoms with Gasteiger partial charge in [-0.15, -0.1) is 0 Å². The Morgan fingerprint density at radius 1 is 0.833 bits per heavy atom. The van der Waals surface area contributed by atoms with E-state index in [2.05, 4.69) is 15.3 Å². The van der Waals surface area contributed by atoms with Gasteiger partial charge in [-0.05, 0) is 11.6 Å². The summed E-state index contributed by atoms with van der Waals surface area (Å²) in [7, 11) is 1.29. The zero-order valence-electron chi connectivity index (χ0n) is 16.3. The first-order chi connectivity index (χ1) is 14.7. The molecule has 6 nitrogen and oxygen atoms in total. The topological polar surface area (TPSA) is 81.2 Å². The largest absolute Gasteiger partial charge is 0.467 e. The Hall–Kier alpha value is -4.06. The first-order valence-corrected chi connectivity index (χ1v) is 9.43. The SMILES string of the molecule is COC(=O)[C@H](NC(=O)c1nc(-c2ccccc2)nc2ccccc12)c1ccccc1. The van der Waals surface area contributed by atoms with Gasteiger partial charge >= 0.3 is 5.97 Å². The van der Waals surface area contributed by atoms with E-state index in [1.807, 2.05) is 54.6 Å². The second-order valence-electron chi connectivity index (χ2n) is 6.62. The van der Waals surface area contributed by atoms with E-state index >= 15 is 0 Å². The number of carbonyl (C=O) groups is 2. The summed E-state index contributed by atoms with van der Waals surface area (Å²) in [6.45, 7) is 0. The minimum absolute atomic E-state index is 0.198. The summed E-state index contributed by atoms with van der Waals surface area (Å²) in [5, 5.41) is 3.37. The molecule has 6 heteroatoms. The predicted molar refractivity (Wildman–Crippen MR) is 114 cm³/mol. The Morgan fingerprint density at radius 2 is 1.47 bits per heavy atom. The summed E-state index contributed by atoms with van der Waals surface area (Å²) in [5.41, 5.74) is 2.26. The zero-order valence-corrected chi connectivity index (χ0v) is 16.3. The van der Waals surface area contributed by atoms with E-state index < -0.39 is 17.9 Å². The van der Waals surface area contributed by atoms with E-state index in [9.17, 15) is 9.59 Å². The van der Waals surface area contributed by atoms with Crippen molar-refractivity contribution in [3.63, 3.8) is 0 Å². The Bertz CT molecular complexity index is 1190. The zero-order chi connectivity index (χ0) is 20.9. The fourth-order valence-corrected chi connectivity index (χ4v) is 3.21. The van der Waals surface area contributed by atoms with Crippen LogP contribution in [0.3, 0.4) is 0 Å². The Morgan fingerprint density at radius 3 is 2.17 bits per heavy atom. The summed E-state index contributed by atoms with van der Waals surface area (Å²) in [6.07, 6.45) is 0. The number of ether oxygens (including phenoxy) is 1. The van der Waals surface area contributed by atoms with Crippen LogP contribution in [0.5, 0.6) is 0 Å². The highest BCUT2D eigenvalue weighted by Gasteiger charge is 2.26. The molecular formula is C24H19N3O3. The van der Waals surface area contributed by atoms with Crippen LogP contribution in [0.2, 0.25) is 0 Å². The van der Waals surface area contributed by atoms with Crippen LogP contribution in [0, 0.1) is 0 Å². The lowest BCUT2D eigenvalue weighted by molar-refractivity contribution is -0.143. The van der Waals surface area contributed by atoms with Gasteiger partial charge in [0.25, 0.3) is 5.91 Å². The number of fused-ring (bicyclic) bond motifs is 1. The van der Waals surface area contributed by atoms with E-state index in [-0.39, 0.29) is 5.69 Å². The van der Waals surface area contributed by atoms with Crippen molar-refractivity contribution in [1.29, 1.82) is 0 Å². The van der Waals surface area contributed by atoms with E-state index in [0.29, 0.717) is 22.3 Å². The molecule has 0 spiro atoms. The summed E-state index contributed by atoms with van der Waals surface area (Å²) >= 11 is 0. The van der Waals surface area contributed by atoms with E-state index in [1.54, 1.807) is 30.3 Å². The molecule has 3 aromatic carbocycles. The molecule has 30 heavy (non-hydrogen) atoms. The molecule has 0 aliphatic rings. The molecule has 0 aliphatic heterocycles. The monoisotopic (exact) mass is 397 g/mol. The van der Waals surface area contributed by atoms with E-state index in [0.717, 1.165) is 5.56 Å². The molecule has 0 saturated heterocycles. The van der Waals surface area contributed by atoms with E-state index in [1.165, 1.54) is 7.11 Å². The van der Waals surface area contributed by atoms with Crippen molar-refractivity contribution in [1.82, 2.24) is 15.3 Å². The number of carbonyl (C=O) groups excluding carboxylic acids is 2. The average Bonchev–Trinajstić information content (AvgIpc) is 2.82. The van der Waals surface area contributed by atoms with Crippen LogP contribution in [-0.2, 0) is 9.53 Å². The molecule has 0 unspecified atom stereocenters. The lowest BCUT2D eigenvalue weighted by Gasteiger charge is -2.17. The molecule has 0 saturated carbocycles. The molecule has 4 aromatic rings. The lowest BCUT2D eigenvalue weighted by Crippen LogP contribution is -2.35. The maximum atomic E-state index is 13.2. The van der Waals surface area contributed by atoms with Gasteiger partial charge in [0, 0.05) is 10.9 Å². The number of nitrogens with one attached hydrogen (secondary N) is 1. The van der Waals surface area contributed by atoms with Gasteiger partial charge in [-0.25, -0.2) is 14.8 Å². The number of benzene rings is 3. The predicted octanol–water partition coefficient (Wildman–Crippen LogP) is 3.94. The highest BCUT2D eigenvalue weighted by atomic mass is 16.5. The number of esters is 1. The summed E-state index contributed by atoms with van der Waals surface area (Å²) in [5.74, 6) is -0.602. The third kappa shape index (κ3) is 3.89. The smallest absolute Gasteiger partial charge is 0.333 e. The molecule has 0 radical (unpaired) electrons. The molecule has 1 amide bonds. The van der Waals surface area contributed by atoms with Crippen molar-refractivity contribution in [3.8, 4) is 11.4 Å². The quantitative estimate of drug-likeness (QED) is 0.516. The average molecular weight is 397 g/mol. The number of hydrogen-bond donors (Lipinski definition) is 1. The Balaban J connectivity index is 1.77. The van der Waals surface area contributed by atoms with Gasteiger partial charge in [-0.2, -0.15) is 0 Å². The third-order valence-electron chi connectivity index (χ3n) is 4.70. The third-order valence-corrected chi connectivity index (χ3v) is 4.70. The first kappa shape index (κ1) is 19.3. The molecule has 0 bridgehead atoms. The van der Waals surface area contributed by atoms with Gasteiger partial charge in [-0.1, -0.05) is 78.9 Å². The molecule has 1 aromatic heterocycles. The number of hydrogen-bond acceptors (Lipinski definition) is 5. The van der Waals surface area contributed by atoms with Gasteiger partial charge in [0.15, 0.2) is 11.9 Å². The fourth-order valence-electron chi connectivity index (χ4n) is 3.21. The van der Waals surface area contributed by atoms with Gasteiger partial charge < -0.3 is 10.1 Å². The van der Waals surface area contributed by atoms with Crippen molar-refractivity contribution in [2.45, 2.75) is 6.04 Å². The summed E-state index contributed by atoms with van der Waals surface area (Å²) in [6, 6.07) is 24.7. The number of rotatable bonds is 5. The van der Waals surface area contributed by atoms with Gasteiger partial charge in [0.05, 0.1) is 12.6 Å². The second-order valence-corrected chi connectivity index (χ2v) is 6.62. The van der Waals surface area contributed by atoms with Crippen LogP contribution in [0.15, 0.2) is 84.9 Å². The minimum atomic E-state index is -0.947. The number of aromatic nitrogens is 2. The van der Waals surface area contributed by atoms with Crippen LogP contribution in [0.1, 0.15) is 22.1 Å². The van der Waals surface area contributed by atoms with Crippen LogP contribution in [0.4, 0.5) is 0 Å². The number of methoxy groups -OCH3 is 1. The molecule has 1 atom stereocenters. The molecule has 0 fully saturated rings. The van der Waals surface area contributed by atoms with Gasteiger partial charge in [-0.3, -0.25) is 4.79 Å². The number of para-hydroxylation sites is 1. The molecule has 148 valence electrons. The van der Waals surface area contributed by atoms with Crippen molar-refractivity contribution in [2.24, 2.45) is 0 Å². The van der Waals surface area contributed by atoms with Gasteiger partial charge in [0.2, 0.25) is 0 Å². The highest BCUT2D eigenvalue weighted by molar-refractivity contribution is 6.06. The Labute approximate surface area is 173 Å². The van der Waals surface area contributed by atoms with Gasteiger partial charge in [0.1, 0.15) is 5.69 Å². The molecule has 4 rings (SSSR count). The number of amides is 1. The van der Waals surface area contributed by atoms with E-state index in [4.69, 9.17) is 4.74 Å². The molecule has 0 aliphatic carbocycles. The van der Waals surface area contributed by atoms with Crippen molar-refractivity contribution in [2.75, 3.05) is 7.11 Å². The highest BCUT2D eigenvalue weighted by Crippen LogP contribution is 2.23. The standard InChI is InChI=1S/C24H19N3O3/c1-30-24(29)20(16-10-4-2-5-11-16)27-23(28)21-18-14-8-9-15-19(18)25-22(26-21)17-12-6-3-7-13-17/h2-15,20H,1H3,(H,27,28)/t20-/m1/s1. The van der Waals surface area contributed by atoms with Crippen molar-refractivity contribution < 1.29 is 14.3 Å². The first-order valence-electron chi connectivity index (χ1n) is 9.43. The summed E-state index contributed by atoms with van der Waals surface area (Å²) < 4.78 is 4.90. The maximum absolute atomic E-state index is 13.2. The Kier molecular flexibility index (Phi) is 5.48. The fraction of sp³-hybridized carbons (Fsp3) is 0.0833. The lowest BCUT2D eigenvalue weighted by atomic mass is 10.1. The molecular weight excluding hydrogens is 378 g/mol. The maximum Gasteiger partial charge on any atom is 0.333 e. The normalized spacial score (nSPS) is 11.6. The molecule has 1 N–H and O–H groups in total.